The zero-order chi connectivity index (χ0) is 13.1. The topological polar surface area (TPSA) is 37.8 Å². The van der Waals surface area contributed by atoms with Crippen molar-refractivity contribution in [1.29, 1.82) is 0 Å². The van der Waals surface area contributed by atoms with Crippen LogP contribution in [0.5, 0.6) is 0 Å². The molecule has 0 atom stereocenters. The summed E-state index contributed by atoms with van der Waals surface area (Å²) in [5.74, 6) is 0.873. The first-order chi connectivity index (χ1) is 9.40. The van der Waals surface area contributed by atoms with E-state index in [1.54, 1.807) is 11.3 Å². The van der Waals surface area contributed by atoms with E-state index in [1.165, 1.54) is 0 Å². The highest BCUT2D eigenvalue weighted by atomic mass is 32.1. The van der Waals surface area contributed by atoms with E-state index in [0.29, 0.717) is 0 Å². The minimum Gasteiger partial charge on any atom is -0.368 e. The molecule has 3 nitrogen and oxygen atoms in total. The summed E-state index contributed by atoms with van der Waals surface area (Å²) in [6.45, 7) is 3.06. The first-order valence-corrected chi connectivity index (χ1v) is 7.31. The van der Waals surface area contributed by atoms with E-state index in [2.05, 4.69) is 46.0 Å². The molecular formula is C15H15N3S. The second-order valence-electron chi connectivity index (χ2n) is 4.35. The Balaban J connectivity index is 2.16. The largest absolute Gasteiger partial charge is 0.368 e. The molecule has 0 fully saturated rings. The molecule has 3 rings (SSSR count). The number of nitrogens with one attached hydrogen (secondary N) is 1. The summed E-state index contributed by atoms with van der Waals surface area (Å²) in [5.41, 5.74) is 0.965. The number of nitrogens with zero attached hydrogens (tertiary/aromatic N) is 2. The molecule has 3 aromatic rings. The second-order valence-corrected chi connectivity index (χ2v) is 5.29. The van der Waals surface area contributed by atoms with Crippen LogP contribution < -0.4 is 5.32 Å². The van der Waals surface area contributed by atoms with Crippen molar-refractivity contribution in [3.63, 3.8) is 0 Å². The molecule has 0 aliphatic carbocycles. The maximum Gasteiger partial charge on any atom is 0.156 e. The molecule has 19 heavy (non-hydrogen) atoms. The number of benzene rings is 1. The summed E-state index contributed by atoms with van der Waals surface area (Å²) in [6.07, 6.45) is 1.07. The third-order valence-electron chi connectivity index (χ3n) is 2.98. The van der Waals surface area contributed by atoms with Crippen LogP contribution in [0.1, 0.15) is 13.3 Å². The van der Waals surface area contributed by atoms with Gasteiger partial charge in [0.15, 0.2) is 5.82 Å². The lowest BCUT2D eigenvalue weighted by Crippen LogP contribution is -2.04. The maximum absolute atomic E-state index is 4.40. The highest BCUT2D eigenvalue weighted by Gasteiger charge is 2.10. The Hall–Kier alpha value is -1.94. The number of anilines is 1. The molecular weight excluding hydrogens is 254 g/mol. The Kier molecular flexibility index (Phi) is 3.42. The fourth-order valence-electron chi connectivity index (χ4n) is 2.07. The fourth-order valence-corrected chi connectivity index (χ4v) is 2.80. The fraction of sp³-hybridized carbons (Fsp3) is 0.200. The van der Waals surface area contributed by atoms with Crippen molar-refractivity contribution in [3.05, 3.63) is 41.8 Å². The van der Waals surface area contributed by atoms with E-state index < -0.39 is 0 Å². The van der Waals surface area contributed by atoms with Crippen molar-refractivity contribution in [2.45, 2.75) is 13.3 Å². The van der Waals surface area contributed by atoms with Crippen molar-refractivity contribution in [2.24, 2.45) is 0 Å². The van der Waals surface area contributed by atoms with Crippen LogP contribution >= 0.6 is 11.3 Å². The minimum atomic E-state index is 0.873. The summed E-state index contributed by atoms with van der Waals surface area (Å²) < 4.78 is 0. The zero-order valence-electron chi connectivity index (χ0n) is 10.8. The van der Waals surface area contributed by atoms with Gasteiger partial charge in [-0.1, -0.05) is 37.3 Å². The number of fused-ring (bicyclic) bond motifs is 1. The lowest BCUT2D eigenvalue weighted by molar-refractivity contribution is 0.953. The van der Waals surface area contributed by atoms with Gasteiger partial charge in [0.25, 0.3) is 0 Å². The molecule has 0 unspecified atom stereocenters. The Labute approximate surface area is 116 Å². The van der Waals surface area contributed by atoms with Gasteiger partial charge in [-0.05, 0) is 17.9 Å². The van der Waals surface area contributed by atoms with Crippen LogP contribution in [-0.2, 0) is 0 Å². The van der Waals surface area contributed by atoms with E-state index >= 15 is 0 Å². The van der Waals surface area contributed by atoms with Crippen LogP contribution in [0.4, 0.5) is 5.82 Å². The Morgan fingerprint density at radius 1 is 1.05 bits per heavy atom. The molecule has 1 aromatic carbocycles. The number of thiophene rings is 1. The lowest BCUT2D eigenvalue weighted by Gasteiger charge is -2.09. The minimum absolute atomic E-state index is 0.873. The SMILES string of the molecule is CCCNc1nnc(-c2cccs2)c2ccccc12. The normalized spacial score (nSPS) is 10.8. The number of rotatable bonds is 4. The van der Waals surface area contributed by atoms with E-state index in [9.17, 15) is 0 Å². The number of hydrogen-bond donors (Lipinski definition) is 1. The third-order valence-corrected chi connectivity index (χ3v) is 3.86. The number of hydrogen-bond acceptors (Lipinski definition) is 4. The van der Waals surface area contributed by atoms with Crippen LogP contribution in [0.2, 0.25) is 0 Å². The predicted octanol–water partition coefficient (Wildman–Crippen LogP) is 4.18. The van der Waals surface area contributed by atoms with Crippen LogP contribution in [0, 0.1) is 0 Å². The molecule has 96 valence electrons. The molecule has 0 bridgehead atoms. The number of aromatic nitrogens is 2. The molecule has 4 heteroatoms. The first kappa shape index (κ1) is 12.1. The highest BCUT2D eigenvalue weighted by molar-refractivity contribution is 7.13. The van der Waals surface area contributed by atoms with Gasteiger partial charge in [-0.15, -0.1) is 21.5 Å². The Bertz CT molecular complexity index is 677. The van der Waals surface area contributed by atoms with Crippen molar-refractivity contribution in [3.8, 4) is 10.6 Å². The van der Waals surface area contributed by atoms with E-state index in [4.69, 9.17) is 0 Å². The first-order valence-electron chi connectivity index (χ1n) is 6.43. The van der Waals surface area contributed by atoms with Gasteiger partial charge in [-0.2, -0.15) is 0 Å². The van der Waals surface area contributed by atoms with E-state index in [-0.39, 0.29) is 0 Å². The van der Waals surface area contributed by atoms with Crippen molar-refractivity contribution >= 4 is 27.9 Å². The molecule has 1 N–H and O–H groups in total. The Morgan fingerprint density at radius 2 is 1.89 bits per heavy atom. The van der Waals surface area contributed by atoms with Crippen LogP contribution in [0.3, 0.4) is 0 Å². The molecule has 0 radical (unpaired) electrons. The van der Waals surface area contributed by atoms with Gasteiger partial charge in [0.05, 0.1) is 4.88 Å². The molecule has 0 saturated carbocycles. The van der Waals surface area contributed by atoms with Gasteiger partial charge in [-0.3, -0.25) is 0 Å². The lowest BCUT2D eigenvalue weighted by atomic mass is 10.1. The summed E-state index contributed by atoms with van der Waals surface area (Å²) in [6, 6.07) is 12.4. The van der Waals surface area contributed by atoms with Crippen molar-refractivity contribution < 1.29 is 0 Å². The molecule has 0 saturated heterocycles. The average Bonchev–Trinajstić information content (AvgIpc) is 2.98. The summed E-state index contributed by atoms with van der Waals surface area (Å²) in [4.78, 5) is 1.16. The van der Waals surface area contributed by atoms with Crippen molar-refractivity contribution in [2.75, 3.05) is 11.9 Å². The van der Waals surface area contributed by atoms with Crippen molar-refractivity contribution in [1.82, 2.24) is 10.2 Å². The standard InChI is InChI=1S/C15H15N3S/c1-2-9-16-15-12-7-4-3-6-11(12)14(17-18-15)13-8-5-10-19-13/h3-8,10H,2,9H2,1H3,(H,16,18). The molecule has 2 heterocycles. The molecule has 2 aromatic heterocycles. The Morgan fingerprint density at radius 3 is 2.63 bits per heavy atom. The van der Waals surface area contributed by atoms with E-state index in [1.807, 2.05) is 18.2 Å². The highest BCUT2D eigenvalue weighted by Crippen LogP contribution is 2.31. The van der Waals surface area contributed by atoms with Gasteiger partial charge in [-0.25, -0.2) is 0 Å². The molecule has 0 aliphatic rings. The monoisotopic (exact) mass is 269 g/mol. The van der Waals surface area contributed by atoms with Gasteiger partial charge in [0.2, 0.25) is 0 Å². The van der Waals surface area contributed by atoms with Gasteiger partial charge >= 0.3 is 0 Å². The third kappa shape index (κ3) is 2.31. The summed E-state index contributed by atoms with van der Waals surface area (Å²) >= 11 is 1.69. The van der Waals surface area contributed by atoms with Gasteiger partial charge in [0, 0.05) is 17.3 Å². The summed E-state index contributed by atoms with van der Waals surface area (Å²) in [7, 11) is 0. The van der Waals surface area contributed by atoms with Gasteiger partial charge < -0.3 is 5.32 Å². The van der Waals surface area contributed by atoms with Crippen LogP contribution in [-0.4, -0.2) is 16.7 Å². The van der Waals surface area contributed by atoms with Gasteiger partial charge in [0.1, 0.15) is 5.69 Å². The molecule has 0 aliphatic heterocycles. The quantitative estimate of drug-likeness (QED) is 0.772. The smallest absolute Gasteiger partial charge is 0.156 e. The maximum atomic E-state index is 4.40. The zero-order valence-corrected chi connectivity index (χ0v) is 11.6. The van der Waals surface area contributed by atoms with Crippen LogP contribution in [0.15, 0.2) is 41.8 Å². The van der Waals surface area contributed by atoms with E-state index in [0.717, 1.165) is 40.1 Å². The predicted molar refractivity (Wildman–Crippen MR) is 81.6 cm³/mol. The van der Waals surface area contributed by atoms with Crippen LogP contribution in [0.25, 0.3) is 21.3 Å². The molecule has 0 spiro atoms. The summed E-state index contributed by atoms with van der Waals surface area (Å²) in [5, 5.41) is 16.4. The second kappa shape index (κ2) is 5.36. The average molecular weight is 269 g/mol. The molecule has 0 amide bonds.